The van der Waals surface area contributed by atoms with E-state index in [1.807, 2.05) is 18.7 Å². The summed E-state index contributed by atoms with van der Waals surface area (Å²) in [6.07, 6.45) is -4.32. The monoisotopic (exact) mass is 324 g/mol. The van der Waals surface area contributed by atoms with Gasteiger partial charge in [0.1, 0.15) is 0 Å². The van der Waals surface area contributed by atoms with E-state index in [4.69, 9.17) is 5.73 Å². The van der Waals surface area contributed by atoms with Crippen LogP contribution in [0.25, 0.3) is 0 Å². The van der Waals surface area contributed by atoms with Crippen molar-refractivity contribution in [2.45, 2.75) is 26.1 Å². The maximum atomic E-state index is 12.6. The molecule has 0 spiro atoms. The number of rotatable bonds is 4. The van der Waals surface area contributed by atoms with Crippen LogP contribution in [0.2, 0.25) is 0 Å². The Kier molecular flexibility index (Phi) is 5.04. The van der Waals surface area contributed by atoms with E-state index in [9.17, 15) is 13.2 Å². The lowest BCUT2D eigenvalue weighted by Gasteiger charge is -2.29. The Balaban J connectivity index is 3.11. The van der Waals surface area contributed by atoms with Crippen LogP contribution in [0.5, 0.6) is 0 Å². The predicted octanol–water partition coefficient (Wildman–Crippen LogP) is 3.64. The average Bonchev–Trinajstić information content (AvgIpc) is 2.24. The number of nitrogens with two attached hydrogens (primary N) is 1. The highest BCUT2D eigenvalue weighted by Gasteiger charge is 2.31. The zero-order valence-corrected chi connectivity index (χ0v) is 11.8. The largest absolute Gasteiger partial charge is 0.416 e. The molecule has 0 aliphatic carbocycles. The molecule has 2 nitrogen and oxygen atoms in total. The molecular weight excluding hydrogens is 309 g/mol. The number of halogens is 4. The van der Waals surface area contributed by atoms with Gasteiger partial charge in [0, 0.05) is 23.6 Å². The molecule has 0 bridgehead atoms. The van der Waals surface area contributed by atoms with E-state index in [0.717, 1.165) is 17.8 Å². The SMILES string of the molecule is CC(C)N(CCN)c1ccc(C(F)(F)F)cc1Br. The van der Waals surface area contributed by atoms with Crippen molar-refractivity contribution < 1.29 is 13.2 Å². The van der Waals surface area contributed by atoms with E-state index < -0.39 is 11.7 Å². The van der Waals surface area contributed by atoms with Gasteiger partial charge in [0.25, 0.3) is 0 Å². The summed E-state index contributed by atoms with van der Waals surface area (Å²) in [6, 6.07) is 3.83. The van der Waals surface area contributed by atoms with Crippen LogP contribution in [0.1, 0.15) is 19.4 Å². The number of anilines is 1. The Bertz CT molecular complexity index is 405. The minimum Gasteiger partial charge on any atom is -0.367 e. The molecule has 0 heterocycles. The number of hydrogen-bond acceptors (Lipinski definition) is 2. The Morgan fingerprint density at radius 2 is 1.94 bits per heavy atom. The maximum Gasteiger partial charge on any atom is 0.416 e. The molecule has 2 N–H and O–H groups in total. The average molecular weight is 325 g/mol. The third kappa shape index (κ3) is 3.62. The van der Waals surface area contributed by atoms with Gasteiger partial charge in [0.2, 0.25) is 0 Å². The topological polar surface area (TPSA) is 29.3 Å². The molecule has 18 heavy (non-hydrogen) atoms. The minimum atomic E-state index is -4.32. The molecule has 0 amide bonds. The molecule has 1 aromatic carbocycles. The molecule has 0 aliphatic rings. The summed E-state index contributed by atoms with van der Waals surface area (Å²) >= 11 is 3.20. The summed E-state index contributed by atoms with van der Waals surface area (Å²) in [6.45, 7) is 4.99. The van der Waals surface area contributed by atoms with Crippen LogP contribution in [-0.4, -0.2) is 19.1 Å². The molecule has 0 unspecified atom stereocenters. The molecule has 0 aromatic heterocycles. The summed E-state index contributed by atoms with van der Waals surface area (Å²) in [5.41, 5.74) is 5.58. The van der Waals surface area contributed by atoms with E-state index >= 15 is 0 Å². The maximum absolute atomic E-state index is 12.6. The molecule has 6 heteroatoms. The van der Waals surface area contributed by atoms with Crippen molar-refractivity contribution in [3.05, 3.63) is 28.2 Å². The second kappa shape index (κ2) is 5.93. The highest BCUT2D eigenvalue weighted by atomic mass is 79.9. The standard InChI is InChI=1S/C12H16BrF3N2/c1-8(2)18(6-5-17)11-4-3-9(7-10(11)13)12(14,15)16/h3-4,7-8H,5-6,17H2,1-2H3. The van der Waals surface area contributed by atoms with Gasteiger partial charge in [-0.2, -0.15) is 13.2 Å². The summed E-state index contributed by atoms with van der Waals surface area (Å²) < 4.78 is 38.1. The first-order valence-electron chi connectivity index (χ1n) is 5.60. The third-order valence-corrected chi connectivity index (χ3v) is 3.21. The van der Waals surface area contributed by atoms with Gasteiger partial charge in [-0.15, -0.1) is 0 Å². The third-order valence-electron chi connectivity index (χ3n) is 2.58. The van der Waals surface area contributed by atoms with Crippen molar-refractivity contribution in [2.75, 3.05) is 18.0 Å². The Labute approximate surface area is 113 Å². The van der Waals surface area contributed by atoms with Crippen LogP contribution < -0.4 is 10.6 Å². The Morgan fingerprint density at radius 1 is 1.33 bits per heavy atom. The van der Waals surface area contributed by atoms with Gasteiger partial charge >= 0.3 is 6.18 Å². The smallest absolute Gasteiger partial charge is 0.367 e. The van der Waals surface area contributed by atoms with E-state index in [0.29, 0.717) is 17.6 Å². The highest BCUT2D eigenvalue weighted by molar-refractivity contribution is 9.10. The van der Waals surface area contributed by atoms with E-state index in [1.165, 1.54) is 6.07 Å². The van der Waals surface area contributed by atoms with Crippen LogP contribution in [0, 0.1) is 0 Å². The predicted molar refractivity (Wildman–Crippen MR) is 70.7 cm³/mol. The summed E-state index contributed by atoms with van der Waals surface area (Å²) in [5, 5.41) is 0. The fourth-order valence-electron chi connectivity index (χ4n) is 1.71. The first-order chi connectivity index (χ1) is 8.27. The van der Waals surface area contributed by atoms with Gasteiger partial charge in [-0.25, -0.2) is 0 Å². The molecule has 1 rings (SSSR count). The number of hydrogen-bond donors (Lipinski definition) is 1. The van der Waals surface area contributed by atoms with Crippen molar-refractivity contribution in [1.82, 2.24) is 0 Å². The van der Waals surface area contributed by atoms with Crippen molar-refractivity contribution in [1.29, 1.82) is 0 Å². The van der Waals surface area contributed by atoms with Gasteiger partial charge in [0.05, 0.1) is 11.3 Å². The molecule has 0 aliphatic heterocycles. The second-order valence-electron chi connectivity index (χ2n) is 4.24. The molecule has 0 saturated carbocycles. The lowest BCUT2D eigenvalue weighted by molar-refractivity contribution is -0.137. The van der Waals surface area contributed by atoms with Gasteiger partial charge < -0.3 is 10.6 Å². The first-order valence-corrected chi connectivity index (χ1v) is 6.40. The first kappa shape index (κ1) is 15.3. The summed E-state index contributed by atoms with van der Waals surface area (Å²) in [5.74, 6) is 0. The molecule has 1 aromatic rings. The van der Waals surface area contributed by atoms with Crippen LogP contribution >= 0.6 is 15.9 Å². The van der Waals surface area contributed by atoms with Crippen LogP contribution in [0.4, 0.5) is 18.9 Å². The van der Waals surface area contributed by atoms with Gasteiger partial charge in [-0.1, -0.05) is 0 Å². The van der Waals surface area contributed by atoms with Crippen LogP contribution in [-0.2, 0) is 6.18 Å². The lowest BCUT2D eigenvalue weighted by Crippen LogP contribution is -2.35. The second-order valence-corrected chi connectivity index (χ2v) is 5.09. The van der Waals surface area contributed by atoms with Gasteiger partial charge in [0.15, 0.2) is 0 Å². The molecule has 0 radical (unpaired) electrons. The van der Waals surface area contributed by atoms with Gasteiger partial charge in [-0.3, -0.25) is 0 Å². The van der Waals surface area contributed by atoms with E-state index in [1.54, 1.807) is 0 Å². The lowest BCUT2D eigenvalue weighted by atomic mass is 10.1. The van der Waals surface area contributed by atoms with Crippen molar-refractivity contribution in [2.24, 2.45) is 5.73 Å². The quantitative estimate of drug-likeness (QED) is 0.916. The molecule has 0 saturated heterocycles. The zero-order chi connectivity index (χ0) is 13.9. The Morgan fingerprint density at radius 3 is 2.33 bits per heavy atom. The van der Waals surface area contributed by atoms with Crippen LogP contribution in [0.3, 0.4) is 0 Å². The van der Waals surface area contributed by atoms with Gasteiger partial charge in [-0.05, 0) is 48.0 Å². The van der Waals surface area contributed by atoms with E-state index in [2.05, 4.69) is 15.9 Å². The van der Waals surface area contributed by atoms with E-state index in [-0.39, 0.29) is 6.04 Å². The van der Waals surface area contributed by atoms with Crippen molar-refractivity contribution in [3.63, 3.8) is 0 Å². The summed E-state index contributed by atoms with van der Waals surface area (Å²) in [4.78, 5) is 1.96. The molecule has 0 fully saturated rings. The highest BCUT2D eigenvalue weighted by Crippen LogP contribution is 2.35. The normalized spacial score (nSPS) is 12.0. The summed E-state index contributed by atoms with van der Waals surface area (Å²) in [7, 11) is 0. The molecule has 102 valence electrons. The van der Waals surface area contributed by atoms with Crippen LogP contribution in [0.15, 0.2) is 22.7 Å². The molecule has 0 atom stereocenters. The Hall–Kier alpha value is -0.750. The molecular formula is C12H16BrF3N2. The minimum absolute atomic E-state index is 0.168. The number of benzene rings is 1. The number of alkyl halides is 3. The van der Waals surface area contributed by atoms with Crippen molar-refractivity contribution >= 4 is 21.6 Å². The zero-order valence-electron chi connectivity index (χ0n) is 10.3. The fourth-order valence-corrected chi connectivity index (χ4v) is 2.32. The van der Waals surface area contributed by atoms with Crippen molar-refractivity contribution in [3.8, 4) is 0 Å². The number of nitrogens with zero attached hydrogens (tertiary/aromatic N) is 1. The fraction of sp³-hybridized carbons (Fsp3) is 0.500.